The number of hydrogen-bond acceptors (Lipinski definition) is 3. The first-order valence-corrected chi connectivity index (χ1v) is 7.55. The van der Waals surface area contributed by atoms with Crippen LogP contribution in [0.4, 0.5) is 0 Å². The summed E-state index contributed by atoms with van der Waals surface area (Å²) >= 11 is 0. The Bertz CT molecular complexity index is 635. The Hall–Kier alpha value is -1.94. The van der Waals surface area contributed by atoms with Crippen LogP contribution in [0.25, 0.3) is 0 Å². The zero-order chi connectivity index (χ0) is 14.5. The van der Waals surface area contributed by atoms with Gasteiger partial charge in [-0.3, -0.25) is 9.00 Å². The van der Waals surface area contributed by atoms with Gasteiger partial charge in [0, 0.05) is 4.90 Å². The van der Waals surface area contributed by atoms with Gasteiger partial charge < -0.3 is 4.74 Å². The van der Waals surface area contributed by atoms with E-state index in [0.717, 1.165) is 5.56 Å². The molecule has 0 N–H and O–H groups in total. The lowest BCUT2D eigenvalue weighted by atomic mass is 10.1. The van der Waals surface area contributed by atoms with Crippen molar-refractivity contribution in [2.45, 2.75) is 11.8 Å². The molecule has 0 heterocycles. The third-order valence-electron chi connectivity index (χ3n) is 2.93. The molecule has 2 aromatic carbocycles. The molecule has 0 saturated carbocycles. The minimum Gasteiger partial charge on any atom is -0.496 e. The number of carbonyl (C=O) groups is 1. The summed E-state index contributed by atoms with van der Waals surface area (Å²) in [7, 11) is 0.193. The third-order valence-corrected chi connectivity index (χ3v) is 4.25. The molecule has 2 aromatic rings. The third kappa shape index (κ3) is 3.33. The molecule has 0 aliphatic carbocycles. The van der Waals surface area contributed by atoms with E-state index in [1.165, 1.54) is 7.11 Å². The zero-order valence-electron chi connectivity index (χ0n) is 11.5. The van der Waals surface area contributed by atoms with Crippen LogP contribution in [-0.4, -0.2) is 22.9 Å². The fraction of sp³-hybridized carbons (Fsp3) is 0.188. The van der Waals surface area contributed by atoms with E-state index in [4.69, 9.17) is 4.74 Å². The summed E-state index contributed by atoms with van der Waals surface area (Å²) in [6.45, 7) is 1.93. The summed E-state index contributed by atoms with van der Waals surface area (Å²) in [6.07, 6.45) is 0. The largest absolute Gasteiger partial charge is 0.496 e. The van der Waals surface area contributed by atoms with Crippen LogP contribution in [0.5, 0.6) is 5.75 Å². The van der Waals surface area contributed by atoms with E-state index in [0.29, 0.717) is 16.2 Å². The quantitative estimate of drug-likeness (QED) is 0.794. The second-order valence-corrected chi connectivity index (χ2v) is 5.88. The number of ether oxygens (including phenoxy) is 1. The van der Waals surface area contributed by atoms with E-state index in [1.807, 2.05) is 31.2 Å². The molecular weight excluding hydrogens is 272 g/mol. The average molecular weight is 288 g/mol. The number of hydrogen-bond donors (Lipinski definition) is 0. The van der Waals surface area contributed by atoms with Crippen LogP contribution in [-0.2, 0) is 10.8 Å². The van der Waals surface area contributed by atoms with Gasteiger partial charge in [0.15, 0.2) is 5.78 Å². The summed E-state index contributed by atoms with van der Waals surface area (Å²) in [6, 6.07) is 14.4. The van der Waals surface area contributed by atoms with Crippen LogP contribution in [0.2, 0.25) is 0 Å². The molecule has 0 saturated heterocycles. The molecule has 4 heteroatoms. The molecule has 0 aliphatic rings. The van der Waals surface area contributed by atoms with Gasteiger partial charge in [0.2, 0.25) is 0 Å². The van der Waals surface area contributed by atoms with E-state index in [2.05, 4.69) is 0 Å². The normalized spacial score (nSPS) is 11.9. The van der Waals surface area contributed by atoms with Crippen LogP contribution in [0.15, 0.2) is 53.4 Å². The van der Waals surface area contributed by atoms with Crippen LogP contribution in [0, 0.1) is 6.92 Å². The molecule has 1 atom stereocenters. The molecule has 0 bridgehead atoms. The average Bonchev–Trinajstić information content (AvgIpc) is 2.47. The van der Waals surface area contributed by atoms with E-state index in [-0.39, 0.29) is 11.5 Å². The lowest BCUT2D eigenvalue weighted by Gasteiger charge is -2.08. The number of rotatable bonds is 5. The van der Waals surface area contributed by atoms with Gasteiger partial charge in [-0.2, -0.15) is 0 Å². The number of benzene rings is 2. The summed E-state index contributed by atoms with van der Waals surface area (Å²) in [4.78, 5) is 12.9. The first-order chi connectivity index (χ1) is 9.61. The molecule has 0 fully saturated rings. The van der Waals surface area contributed by atoms with Crippen molar-refractivity contribution in [2.24, 2.45) is 0 Å². The van der Waals surface area contributed by atoms with Crippen molar-refractivity contribution in [1.29, 1.82) is 0 Å². The van der Waals surface area contributed by atoms with Crippen molar-refractivity contribution >= 4 is 16.6 Å². The molecule has 0 radical (unpaired) electrons. The number of carbonyl (C=O) groups excluding carboxylic acids is 1. The lowest BCUT2D eigenvalue weighted by Crippen LogP contribution is -2.12. The van der Waals surface area contributed by atoms with Crippen molar-refractivity contribution < 1.29 is 13.7 Å². The smallest absolute Gasteiger partial charge is 0.179 e. The summed E-state index contributed by atoms with van der Waals surface area (Å²) in [5.41, 5.74) is 1.49. The van der Waals surface area contributed by atoms with E-state index < -0.39 is 10.8 Å². The maximum atomic E-state index is 12.2. The first kappa shape index (κ1) is 14.5. The van der Waals surface area contributed by atoms with Crippen molar-refractivity contribution in [3.63, 3.8) is 0 Å². The number of Topliss-reactive ketones (excluding diaryl/α,β-unsaturated/α-hetero) is 1. The zero-order valence-corrected chi connectivity index (χ0v) is 12.3. The highest BCUT2D eigenvalue weighted by Gasteiger charge is 2.16. The maximum absolute atomic E-state index is 12.2. The van der Waals surface area contributed by atoms with Gasteiger partial charge in [-0.25, -0.2) is 0 Å². The Balaban J connectivity index is 2.19. The van der Waals surface area contributed by atoms with Gasteiger partial charge in [0.1, 0.15) is 5.75 Å². The van der Waals surface area contributed by atoms with E-state index in [1.54, 1.807) is 24.3 Å². The molecule has 0 aliphatic heterocycles. The van der Waals surface area contributed by atoms with Gasteiger partial charge >= 0.3 is 0 Å². The van der Waals surface area contributed by atoms with E-state index in [9.17, 15) is 9.00 Å². The molecule has 0 amide bonds. The van der Waals surface area contributed by atoms with Crippen molar-refractivity contribution in [1.82, 2.24) is 0 Å². The highest BCUT2D eigenvalue weighted by atomic mass is 32.2. The SMILES string of the molecule is COc1cc(C)ccc1C(=O)CS(=O)c1ccccc1. The van der Waals surface area contributed by atoms with Crippen LogP contribution in [0.1, 0.15) is 15.9 Å². The molecule has 3 nitrogen and oxygen atoms in total. The fourth-order valence-corrected chi connectivity index (χ4v) is 2.90. The summed E-state index contributed by atoms with van der Waals surface area (Å²) in [5.74, 6) is 0.313. The Morgan fingerprint density at radius 2 is 1.85 bits per heavy atom. The van der Waals surface area contributed by atoms with Crippen molar-refractivity contribution in [2.75, 3.05) is 12.9 Å². The topological polar surface area (TPSA) is 43.4 Å². The lowest BCUT2D eigenvalue weighted by molar-refractivity contribution is 0.101. The predicted molar refractivity (Wildman–Crippen MR) is 79.8 cm³/mol. The molecular formula is C16H16O3S. The Labute approximate surface area is 121 Å². The minimum absolute atomic E-state index is 0.0383. The summed E-state index contributed by atoms with van der Waals surface area (Å²) in [5, 5.41) is 0. The molecule has 0 aromatic heterocycles. The minimum atomic E-state index is -1.33. The fourth-order valence-electron chi connectivity index (χ4n) is 1.88. The Kier molecular flexibility index (Phi) is 4.69. The molecule has 1 unspecified atom stereocenters. The molecule has 104 valence electrons. The van der Waals surface area contributed by atoms with Gasteiger partial charge in [0.25, 0.3) is 0 Å². The van der Waals surface area contributed by atoms with E-state index >= 15 is 0 Å². The highest BCUT2D eigenvalue weighted by Crippen LogP contribution is 2.21. The molecule has 2 rings (SSSR count). The molecule has 20 heavy (non-hydrogen) atoms. The Morgan fingerprint density at radius 3 is 2.50 bits per heavy atom. The number of aryl methyl sites for hydroxylation is 1. The second-order valence-electron chi connectivity index (χ2n) is 4.43. The van der Waals surface area contributed by atoms with Crippen LogP contribution < -0.4 is 4.74 Å². The maximum Gasteiger partial charge on any atom is 0.179 e. The van der Waals surface area contributed by atoms with Crippen molar-refractivity contribution in [3.05, 3.63) is 59.7 Å². The second kappa shape index (κ2) is 6.48. The van der Waals surface area contributed by atoms with Gasteiger partial charge in [-0.05, 0) is 36.8 Å². The summed E-state index contributed by atoms with van der Waals surface area (Å²) < 4.78 is 17.4. The highest BCUT2D eigenvalue weighted by molar-refractivity contribution is 7.85. The van der Waals surface area contributed by atoms with Gasteiger partial charge in [0.05, 0.1) is 29.2 Å². The molecule has 0 spiro atoms. The van der Waals surface area contributed by atoms with Gasteiger partial charge in [-0.15, -0.1) is 0 Å². The van der Waals surface area contributed by atoms with Gasteiger partial charge in [-0.1, -0.05) is 24.3 Å². The van der Waals surface area contributed by atoms with Crippen molar-refractivity contribution in [3.8, 4) is 5.75 Å². The predicted octanol–water partition coefficient (Wildman–Crippen LogP) is 2.99. The van der Waals surface area contributed by atoms with Crippen LogP contribution in [0.3, 0.4) is 0 Å². The van der Waals surface area contributed by atoms with Crippen LogP contribution >= 0.6 is 0 Å². The Morgan fingerprint density at radius 1 is 1.15 bits per heavy atom. The first-order valence-electron chi connectivity index (χ1n) is 6.23. The number of methoxy groups -OCH3 is 1. The standard InChI is InChI=1S/C16H16O3S/c1-12-8-9-14(16(10-12)19-2)15(17)11-20(18)13-6-4-3-5-7-13/h3-10H,11H2,1-2H3. The number of ketones is 1. The monoisotopic (exact) mass is 288 g/mol.